The van der Waals surface area contributed by atoms with Gasteiger partial charge in [-0.25, -0.2) is 4.39 Å². The molecular formula is C24H14Cl4FN3O2. The maximum absolute atomic E-state index is 13.3. The molecule has 1 aliphatic rings. The molecule has 0 radical (unpaired) electrons. The van der Waals surface area contributed by atoms with Gasteiger partial charge in [0.15, 0.2) is 0 Å². The number of hydrogen-bond donors (Lipinski definition) is 2. The molecule has 10 heteroatoms. The number of anilines is 2. The summed E-state index contributed by atoms with van der Waals surface area (Å²) in [5.74, 6) is -2.79. The lowest BCUT2D eigenvalue weighted by molar-refractivity contribution is -0.117. The highest BCUT2D eigenvalue weighted by Gasteiger charge is 2.67. The van der Waals surface area contributed by atoms with Crippen molar-refractivity contribution >= 4 is 69.6 Å². The number of nitrogens with one attached hydrogen (secondary N) is 2. The van der Waals surface area contributed by atoms with Gasteiger partial charge in [-0.15, -0.1) is 23.2 Å². The third-order valence-electron chi connectivity index (χ3n) is 5.38. The van der Waals surface area contributed by atoms with Crippen LogP contribution in [0.2, 0.25) is 10.0 Å². The summed E-state index contributed by atoms with van der Waals surface area (Å²) >= 11 is 24.8. The summed E-state index contributed by atoms with van der Waals surface area (Å²) in [6.07, 6.45) is 0. The number of nitriles is 1. The molecule has 3 aromatic rings. The normalized spacial score (nSPS) is 18.0. The lowest BCUT2D eigenvalue weighted by Crippen LogP contribution is -2.18. The average Bonchev–Trinajstić information content (AvgIpc) is 3.38. The van der Waals surface area contributed by atoms with E-state index >= 15 is 0 Å². The SMILES string of the molecule is N#Cc1cc(F)ccc1NC(=O)c1cccc(NC(=O)[C@@H]2[C@@H](c3ccc(Cl)c(Cl)c3)C2(Cl)Cl)c1. The first-order valence-electron chi connectivity index (χ1n) is 9.86. The van der Waals surface area contributed by atoms with Gasteiger partial charge in [0.1, 0.15) is 16.2 Å². The summed E-state index contributed by atoms with van der Waals surface area (Å²) in [5, 5.41) is 15.1. The Labute approximate surface area is 214 Å². The maximum Gasteiger partial charge on any atom is 0.255 e. The molecule has 0 heterocycles. The molecule has 0 saturated heterocycles. The minimum absolute atomic E-state index is 0.0135. The summed E-state index contributed by atoms with van der Waals surface area (Å²) in [7, 11) is 0. The second-order valence-electron chi connectivity index (χ2n) is 7.63. The molecule has 2 amide bonds. The Balaban J connectivity index is 1.48. The lowest BCUT2D eigenvalue weighted by atomic mass is 10.1. The second-order valence-corrected chi connectivity index (χ2v) is 9.89. The molecular weight excluding hydrogens is 523 g/mol. The predicted octanol–water partition coefficient (Wildman–Crippen LogP) is 6.78. The number of halogens is 5. The Bertz CT molecular complexity index is 1360. The molecule has 0 aromatic heterocycles. The number of carbonyl (C=O) groups excluding carboxylic acids is 2. The van der Waals surface area contributed by atoms with Gasteiger partial charge < -0.3 is 10.6 Å². The van der Waals surface area contributed by atoms with E-state index in [0.29, 0.717) is 21.3 Å². The van der Waals surface area contributed by atoms with E-state index in [2.05, 4.69) is 10.6 Å². The van der Waals surface area contributed by atoms with E-state index in [-0.39, 0.29) is 16.8 Å². The Kier molecular flexibility index (Phi) is 6.75. The molecule has 34 heavy (non-hydrogen) atoms. The molecule has 1 saturated carbocycles. The van der Waals surface area contributed by atoms with Crippen LogP contribution in [0.1, 0.15) is 27.4 Å². The fourth-order valence-electron chi connectivity index (χ4n) is 3.64. The number of benzene rings is 3. The third kappa shape index (κ3) is 4.84. The van der Waals surface area contributed by atoms with Crippen LogP contribution in [0.25, 0.3) is 0 Å². The van der Waals surface area contributed by atoms with Gasteiger partial charge in [-0.3, -0.25) is 9.59 Å². The molecule has 2 N–H and O–H groups in total. The van der Waals surface area contributed by atoms with Crippen LogP contribution in [0.15, 0.2) is 60.7 Å². The Morgan fingerprint density at radius 3 is 2.44 bits per heavy atom. The minimum atomic E-state index is -1.33. The van der Waals surface area contributed by atoms with Crippen molar-refractivity contribution in [2.45, 2.75) is 10.3 Å². The van der Waals surface area contributed by atoms with Crippen molar-refractivity contribution in [1.29, 1.82) is 5.26 Å². The van der Waals surface area contributed by atoms with Gasteiger partial charge in [-0.2, -0.15) is 5.26 Å². The van der Waals surface area contributed by atoms with E-state index in [1.807, 2.05) is 6.07 Å². The van der Waals surface area contributed by atoms with Gasteiger partial charge in [-0.1, -0.05) is 35.3 Å². The fourth-order valence-corrected chi connectivity index (χ4v) is 4.78. The minimum Gasteiger partial charge on any atom is -0.326 e. The summed E-state index contributed by atoms with van der Waals surface area (Å²) < 4.78 is 12.0. The van der Waals surface area contributed by atoms with E-state index in [0.717, 1.165) is 12.1 Å². The van der Waals surface area contributed by atoms with E-state index in [1.54, 1.807) is 30.3 Å². The zero-order valence-electron chi connectivity index (χ0n) is 17.1. The van der Waals surface area contributed by atoms with Crippen molar-refractivity contribution < 1.29 is 14.0 Å². The van der Waals surface area contributed by atoms with Crippen molar-refractivity contribution in [2.24, 2.45) is 5.92 Å². The molecule has 0 unspecified atom stereocenters. The number of carbonyl (C=O) groups is 2. The molecule has 1 aliphatic carbocycles. The van der Waals surface area contributed by atoms with E-state index < -0.39 is 33.8 Å². The van der Waals surface area contributed by atoms with Crippen LogP contribution in [0.5, 0.6) is 0 Å². The Morgan fingerprint density at radius 1 is 0.971 bits per heavy atom. The molecule has 5 nitrogen and oxygen atoms in total. The van der Waals surface area contributed by atoms with Crippen LogP contribution in [-0.2, 0) is 4.79 Å². The van der Waals surface area contributed by atoms with Crippen molar-refractivity contribution in [3.63, 3.8) is 0 Å². The molecule has 1 fully saturated rings. The van der Waals surface area contributed by atoms with Gasteiger partial charge in [-0.05, 0) is 54.1 Å². The van der Waals surface area contributed by atoms with E-state index in [4.69, 9.17) is 51.7 Å². The quantitative estimate of drug-likeness (QED) is 0.352. The first-order chi connectivity index (χ1) is 16.1. The van der Waals surface area contributed by atoms with Crippen molar-refractivity contribution in [3.05, 3.63) is 93.2 Å². The van der Waals surface area contributed by atoms with Gasteiger partial charge >= 0.3 is 0 Å². The molecule has 0 bridgehead atoms. The van der Waals surface area contributed by atoms with Gasteiger partial charge in [0.2, 0.25) is 5.91 Å². The number of rotatable bonds is 5. The molecule has 2 atom stereocenters. The maximum atomic E-state index is 13.3. The van der Waals surface area contributed by atoms with E-state index in [9.17, 15) is 14.0 Å². The summed E-state index contributed by atoms with van der Waals surface area (Å²) in [6, 6.07) is 16.4. The van der Waals surface area contributed by atoms with Crippen LogP contribution >= 0.6 is 46.4 Å². The van der Waals surface area contributed by atoms with Crippen molar-refractivity contribution in [1.82, 2.24) is 0 Å². The topological polar surface area (TPSA) is 82.0 Å². The average molecular weight is 537 g/mol. The third-order valence-corrected chi connectivity index (χ3v) is 7.06. The lowest BCUT2D eigenvalue weighted by Gasteiger charge is -2.10. The van der Waals surface area contributed by atoms with Crippen LogP contribution in [0.3, 0.4) is 0 Å². The summed E-state index contributed by atoms with van der Waals surface area (Å²) in [5.41, 5.74) is 1.40. The van der Waals surface area contributed by atoms with Crippen molar-refractivity contribution in [2.75, 3.05) is 10.6 Å². The first kappa shape index (κ1) is 24.3. The first-order valence-corrected chi connectivity index (χ1v) is 11.4. The number of nitrogens with zero attached hydrogens (tertiary/aromatic N) is 1. The highest BCUT2D eigenvalue weighted by molar-refractivity contribution is 6.53. The standard InChI is InChI=1S/C24H14Cl4FN3O2/c25-17-6-4-12(10-18(17)26)20-21(24(20,27)28)23(34)31-16-3-1-2-13(9-16)22(33)32-19-7-5-15(29)8-14(19)11-30/h1-10,20-21H,(H,31,34)(H,32,33)/t20-,21+/m1/s1. The number of amides is 2. The molecule has 3 aromatic carbocycles. The van der Waals surface area contributed by atoms with Crippen LogP contribution in [0.4, 0.5) is 15.8 Å². The van der Waals surface area contributed by atoms with Gasteiger partial charge in [0, 0.05) is 17.2 Å². The van der Waals surface area contributed by atoms with Crippen LogP contribution in [0, 0.1) is 23.1 Å². The zero-order chi connectivity index (χ0) is 24.6. The number of hydrogen-bond acceptors (Lipinski definition) is 3. The number of alkyl halides is 2. The smallest absolute Gasteiger partial charge is 0.255 e. The molecule has 172 valence electrons. The van der Waals surface area contributed by atoms with Gasteiger partial charge in [0.05, 0.1) is 27.2 Å². The Morgan fingerprint density at radius 2 is 1.74 bits per heavy atom. The van der Waals surface area contributed by atoms with E-state index in [1.165, 1.54) is 18.2 Å². The van der Waals surface area contributed by atoms with Gasteiger partial charge in [0.25, 0.3) is 5.91 Å². The van der Waals surface area contributed by atoms with Crippen LogP contribution in [-0.4, -0.2) is 16.1 Å². The highest BCUT2D eigenvalue weighted by Crippen LogP contribution is 2.65. The fraction of sp³-hybridized carbons (Fsp3) is 0.125. The molecule has 0 spiro atoms. The van der Waals surface area contributed by atoms with Crippen molar-refractivity contribution in [3.8, 4) is 6.07 Å². The summed E-state index contributed by atoms with van der Waals surface area (Å²) in [6.45, 7) is 0. The summed E-state index contributed by atoms with van der Waals surface area (Å²) in [4.78, 5) is 25.6. The predicted molar refractivity (Wildman–Crippen MR) is 131 cm³/mol. The Hall–Kier alpha value is -2.82. The second kappa shape index (κ2) is 9.44. The van der Waals surface area contributed by atoms with Crippen LogP contribution < -0.4 is 10.6 Å². The zero-order valence-corrected chi connectivity index (χ0v) is 20.1. The highest BCUT2D eigenvalue weighted by atomic mass is 35.5. The molecule has 0 aliphatic heterocycles. The largest absolute Gasteiger partial charge is 0.326 e. The monoisotopic (exact) mass is 535 g/mol. The molecule has 4 rings (SSSR count).